The number of hydrogen-bond donors (Lipinski definition) is 2. The van der Waals surface area contributed by atoms with Crippen LogP contribution in [0.4, 0.5) is 0 Å². The van der Waals surface area contributed by atoms with Crippen molar-refractivity contribution in [3.63, 3.8) is 0 Å². The van der Waals surface area contributed by atoms with E-state index < -0.39 is 0 Å². The molecule has 168 valence electrons. The van der Waals surface area contributed by atoms with Crippen molar-refractivity contribution in [2.45, 2.75) is 39.0 Å². The Morgan fingerprint density at radius 2 is 1.73 bits per heavy atom. The Labute approximate surface area is 196 Å². The summed E-state index contributed by atoms with van der Waals surface area (Å²) in [5.74, 6) is -0.182. The molecule has 0 aliphatic carbocycles. The van der Waals surface area contributed by atoms with Crippen LogP contribution in [-0.4, -0.2) is 36.0 Å². The van der Waals surface area contributed by atoms with Crippen LogP contribution in [0.3, 0.4) is 0 Å². The molecule has 4 rings (SSSR count). The molecule has 2 atom stereocenters. The molecule has 5 heteroatoms. The third-order valence-electron chi connectivity index (χ3n) is 6.17. The topological polar surface area (TPSA) is 68.2 Å². The number of piperazine rings is 1. The fourth-order valence-electron chi connectivity index (χ4n) is 4.28. The van der Waals surface area contributed by atoms with Gasteiger partial charge in [0.25, 0.3) is 5.91 Å². The number of nitrogens with one attached hydrogen (secondary N) is 2. The van der Waals surface area contributed by atoms with Crippen molar-refractivity contribution < 1.29 is 4.79 Å². The smallest absolute Gasteiger partial charge is 0.251 e. The molecule has 2 unspecified atom stereocenters. The van der Waals surface area contributed by atoms with E-state index in [-0.39, 0.29) is 5.91 Å². The summed E-state index contributed by atoms with van der Waals surface area (Å²) in [7, 11) is 0. The Hall–Kier alpha value is -3.46. The highest BCUT2D eigenvalue weighted by Gasteiger charge is 2.22. The summed E-state index contributed by atoms with van der Waals surface area (Å²) in [4.78, 5) is 15.0. The molecule has 1 aliphatic heterocycles. The molecule has 0 radical (unpaired) electrons. The first kappa shape index (κ1) is 22.7. The van der Waals surface area contributed by atoms with Crippen molar-refractivity contribution in [1.82, 2.24) is 15.5 Å². The Kier molecular flexibility index (Phi) is 7.19. The normalized spacial score (nSPS) is 18.5. The molecular formula is C28H30N4O. The van der Waals surface area contributed by atoms with Gasteiger partial charge in [0.05, 0.1) is 11.6 Å². The van der Waals surface area contributed by atoms with Gasteiger partial charge in [0, 0.05) is 43.8 Å². The highest BCUT2D eigenvalue weighted by atomic mass is 16.1. The minimum absolute atomic E-state index is 0.182. The maximum atomic E-state index is 12.5. The first-order valence-electron chi connectivity index (χ1n) is 11.5. The zero-order valence-electron chi connectivity index (χ0n) is 19.2. The van der Waals surface area contributed by atoms with Gasteiger partial charge >= 0.3 is 0 Å². The summed E-state index contributed by atoms with van der Waals surface area (Å²) in [5, 5.41) is 15.5. The van der Waals surface area contributed by atoms with E-state index >= 15 is 0 Å². The van der Waals surface area contributed by atoms with Crippen LogP contribution in [0.25, 0.3) is 11.1 Å². The van der Waals surface area contributed by atoms with Gasteiger partial charge in [-0.15, -0.1) is 0 Å². The average molecular weight is 439 g/mol. The lowest BCUT2D eigenvalue weighted by atomic mass is 10.00. The summed E-state index contributed by atoms with van der Waals surface area (Å²) >= 11 is 0. The van der Waals surface area contributed by atoms with Crippen molar-refractivity contribution >= 4 is 5.91 Å². The van der Waals surface area contributed by atoms with E-state index in [1.165, 1.54) is 11.1 Å². The molecular weight excluding hydrogens is 408 g/mol. The maximum Gasteiger partial charge on any atom is 0.251 e. The van der Waals surface area contributed by atoms with Crippen molar-refractivity contribution in [2.24, 2.45) is 0 Å². The highest BCUT2D eigenvalue weighted by Crippen LogP contribution is 2.23. The summed E-state index contributed by atoms with van der Waals surface area (Å²) in [5.41, 5.74) is 5.63. The average Bonchev–Trinajstić information content (AvgIpc) is 2.85. The van der Waals surface area contributed by atoms with Crippen LogP contribution < -0.4 is 10.6 Å². The summed E-state index contributed by atoms with van der Waals surface area (Å²) < 4.78 is 0. The monoisotopic (exact) mass is 438 g/mol. The second-order valence-electron chi connectivity index (χ2n) is 8.86. The molecule has 1 fully saturated rings. The second-order valence-corrected chi connectivity index (χ2v) is 8.86. The van der Waals surface area contributed by atoms with Gasteiger partial charge in [0.15, 0.2) is 0 Å². The van der Waals surface area contributed by atoms with Gasteiger partial charge in [-0.1, -0.05) is 42.5 Å². The molecule has 33 heavy (non-hydrogen) atoms. The minimum atomic E-state index is -0.182. The van der Waals surface area contributed by atoms with Gasteiger partial charge in [0.2, 0.25) is 0 Å². The Bertz CT molecular complexity index is 1170. The first-order valence-corrected chi connectivity index (χ1v) is 11.5. The number of hydrogen-bond acceptors (Lipinski definition) is 4. The molecule has 1 saturated heterocycles. The molecule has 0 spiro atoms. The molecule has 5 nitrogen and oxygen atoms in total. The number of amides is 1. The fourth-order valence-corrected chi connectivity index (χ4v) is 4.28. The van der Waals surface area contributed by atoms with Crippen LogP contribution in [0.2, 0.25) is 0 Å². The molecule has 3 aromatic rings. The Morgan fingerprint density at radius 1 is 1.03 bits per heavy atom. The van der Waals surface area contributed by atoms with Crippen molar-refractivity contribution in [3.8, 4) is 17.2 Å². The molecule has 1 aliphatic rings. The number of nitriles is 1. The molecule has 0 saturated carbocycles. The van der Waals surface area contributed by atoms with Crippen LogP contribution in [0.5, 0.6) is 0 Å². The largest absolute Gasteiger partial charge is 0.348 e. The van der Waals surface area contributed by atoms with Gasteiger partial charge in [-0.05, 0) is 66.4 Å². The summed E-state index contributed by atoms with van der Waals surface area (Å²) in [6, 6.07) is 26.9. The minimum Gasteiger partial charge on any atom is -0.348 e. The zero-order valence-corrected chi connectivity index (χ0v) is 19.2. The van der Waals surface area contributed by atoms with Crippen LogP contribution in [0, 0.1) is 11.3 Å². The lowest BCUT2D eigenvalue weighted by Gasteiger charge is -2.37. The summed E-state index contributed by atoms with van der Waals surface area (Å²) in [6.07, 6.45) is 0. The van der Waals surface area contributed by atoms with E-state index in [0.29, 0.717) is 29.8 Å². The number of benzene rings is 3. The van der Waals surface area contributed by atoms with E-state index in [0.717, 1.165) is 30.8 Å². The van der Waals surface area contributed by atoms with Gasteiger partial charge in [-0.3, -0.25) is 9.69 Å². The van der Waals surface area contributed by atoms with Gasteiger partial charge in [-0.25, -0.2) is 0 Å². The maximum absolute atomic E-state index is 12.5. The SMILES string of the molecule is CC1CN(Cc2cccc(-c3cccc(CNC(=O)c4cccc(C#N)c4)c3)c2)C(C)CN1. The number of carbonyl (C=O) groups excluding carboxylic acids is 1. The fraction of sp³-hybridized carbons (Fsp3) is 0.286. The van der Waals surface area contributed by atoms with Gasteiger partial charge in [0.1, 0.15) is 0 Å². The van der Waals surface area contributed by atoms with Crippen molar-refractivity contribution in [1.29, 1.82) is 5.26 Å². The van der Waals surface area contributed by atoms with E-state index in [9.17, 15) is 4.79 Å². The zero-order chi connectivity index (χ0) is 23.2. The molecule has 1 amide bonds. The van der Waals surface area contributed by atoms with Crippen molar-refractivity contribution in [2.75, 3.05) is 13.1 Å². The molecule has 0 aromatic heterocycles. The molecule has 1 heterocycles. The third kappa shape index (κ3) is 5.87. The van der Waals surface area contributed by atoms with E-state index in [1.807, 2.05) is 12.1 Å². The molecule has 0 bridgehead atoms. The lowest BCUT2D eigenvalue weighted by Crippen LogP contribution is -2.53. The number of carbonyl (C=O) groups is 1. The van der Waals surface area contributed by atoms with Crippen LogP contribution in [0.15, 0.2) is 72.8 Å². The van der Waals surface area contributed by atoms with Crippen molar-refractivity contribution in [3.05, 3.63) is 95.1 Å². The second kappa shape index (κ2) is 10.4. The number of nitrogens with zero attached hydrogens (tertiary/aromatic N) is 2. The van der Waals surface area contributed by atoms with Crippen LogP contribution in [-0.2, 0) is 13.1 Å². The van der Waals surface area contributed by atoms with E-state index in [4.69, 9.17) is 5.26 Å². The van der Waals surface area contributed by atoms with E-state index in [1.54, 1.807) is 24.3 Å². The predicted octanol–water partition coefficient (Wildman–Crippen LogP) is 4.34. The highest BCUT2D eigenvalue weighted by molar-refractivity contribution is 5.94. The Balaban J connectivity index is 1.43. The van der Waals surface area contributed by atoms with Gasteiger partial charge < -0.3 is 10.6 Å². The third-order valence-corrected chi connectivity index (χ3v) is 6.17. The van der Waals surface area contributed by atoms with Crippen LogP contribution >= 0.6 is 0 Å². The van der Waals surface area contributed by atoms with Crippen LogP contribution in [0.1, 0.15) is 40.9 Å². The first-order chi connectivity index (χ1) is 16.0. The molecule has 2 N–H and O–H groups in total. The quantitative estimate of drug-likeness (QED) is 0.601. The Morgan fingerprint density at radius 3 is 2.48 bits per heavy atom. The van der Waals surface area contributed by atoms with Gasteiger partial charge in [-0.2, -0.15) is 5.26 Å². The summed E-state index contributed by atoms with van der Waals surface area (Å²) in [6.45, 7) is 7.96. The van der Waals surface area contributed by atoms with E-state index in [2.05, 4.69) is 71.8 Å². The lowest BCUT2D eigenvalue weighted by molar-refractivity contribution is 0.0951. The number of rotatable bonds is 6. The molecule has 3 aromatic carbocycles. The predicted molar refractivity (Wildman–Crippen MR) is 132 cm³/mol. The standard InChI is InChI=1S/C28H30N4O/c1-20-18-32(21(2)16-30-20)19-24-8-5-10-26(14-24)25-9-4-7-23(13-25)17-31-28(33)27-11-3-6-22(12-27)15-29/h3-14,20-21,30H,16-19H2,1-2H3,(H,31,33).